The number of carbonyl (C=O) groups is 1. The van der Waals surface area contributed by atoms with Crippen LogP contribution in [0, 0.1) is 13.8 Å². The zero-order valence-corrected chi connectivity index (χ0v) is 13.8. The Hall–Kier alpha value is -2.47. The summed E-state index contributed by atoms with van der Waals surface area (Å²) in [5, 5.41) is 5.05. The average molecular weight is 331 g/mol. The molecule has 0 atom stereocenters. The molecule has 6 nitrogen and oxygen atoms in total. The van der Waals surface area contributed by atoms with Crippen LogP contribution in [-0.2, 0) is 4.74 Å². The lowest BCUT2D eigenvalue weighted by molar-refractivity contribution is 0.0523. The topological polar surface area (TPSA) is 69.4 Å². The van der Waals surface area contributed by atoms with Crippen molar-refractivity contribution in [2.45, 2.75) is 20.8 Å². The summed E-state index contributed by atoms with van der Waals surface area (Å²) in [7, 11) is 0. The molecule has 0 bridgehead atoms. The number of aromatic nitrogens is 4. The largest absolute Gasteiger partial charge is 0.462 e. The summed E-state index contributed by atoms with van der Waals surface area (Å²) < 4.78 is 6.64. The lowest BCUT2D eigenvalue weighted by Crippen LogP contribution is -2.14. The van der Waals surface area contributed by atoms with Crippen LogP contribution in [-0.4, -0.2) is 32.2 Å². The number of carbonyl (C=O) groups excluding carboxylic acids is 1. The average Bonchev–Trinajstić information content (AvgIpc) is 2.92. The molecule has 0 amide bonds. The maximum Gasteiger partial charge on any atom is 0.341 e. The number of aryl methyl sites for hydroxylation is 2. The van der Waals surface area contributed by atoms with Crippen molar-refractivity contribution in [2.24, 2.45) is 0 Å². The first-order valence-electron chi connectivity index (χ1n) is 7.18. The summed E-state index contributed by atoms with van der Waals surface area (Å²) in [6.07, 6.45) is 0. The predicted octanol–water partition coefficient (Wildman–Crippen LogP) is 3.24. The van der Waals surface area contributed by atoms with Crippen LogP contribution in [0.25, 0.3) is 17.2 Å². The standard InChI is InChI=1S/C16H15ClN4O2/c1-4-23-15(22)13-9(2)18-16-19-14(20-21(16)10(13)3)11-6-5-7-12(17)8-11/h5-8H,4H2,1-3H3. The summed E-state index contributed by atoms with van der Waals surface area (Å²) in [6.45, 7) is 5.62. The monoisotopic (exact) mass is 330 g/mol. The van der Waals surface area contributed by atoms with Crippen molar-refractivity contribution in [2.75, 3.05) is 6.61 Å². The normalized spacial score (nSPS) is 11.0. The van der Waals surface area contributed by atoms with E-state index in [1.54, 1.807) is 37.4 Å². The zero-order valence-electron chi connectivity index (χ0n) is 13.0. The summed E-state index contributed by atoms with van der Waals surface area (Å²) in [4.78, 5) is 20.9. The Labute approximate surface area is 138 Å². The number of benzene rings is 1. The van der Waals surface area contributed by atoms with Gasteiger partial charge in [0.25, 0.3) is 5.78 Å². The van der Waals surface area contributed by atoms with Crippen molar-refractivity contribution in [3.05, 3.63) is 46.2 Å². The van der Waals surface area contributed by atoms with E-state index in [0.29, 0.717) is 40.2 Å². The fourth-order valence-electron chi connectivity index (χ4n) is 2.42. The maximum absolute atomic E-state index is 12.1. The quantitative estimate of drug-likeness (QED) is 0.689. The Morgan fingerprint density at radius 1 is 1.30 bits per heavy atom. The van der Waals surface area contributed by atoms with Gasteiger partial charge in [-0.1, -0.05) is 23.7 Å². The molecule has 23 heavy (non-hydrogen) atoms. The number of ether oxygens (including phenoxy) is 1. The van der Waals surface area contributed by atoms with Crippen molar-refractivity contribution in [3.8, 4) is 11.4 Å². The van der Waals surface area contributed by atoms with Gasteiger partial charge in [-0.3, -0.25) is 0 Å². The van der Waals surface area contributed by atoms with Crippen LogP contribution in [0.4, 0.5) is 0 Å². The van der Waals surface area contributed by atoms with Crippen LogP contribution in [0.15, 0.2) is 24.3 Å². The van der Waals surface area contributed by atoms with Crippen LogP contribution >= 0.6 is 11.6 Å². The smallest absolute Gasteiger partial charge is 0.341 e. The maximum atomic E-state index is 12.1. The second-order valence-electron chi connectivity index (χ2n) is 5.04. The third-order valence-corrected chi connectivity index (χ3v) is 3.70. The van der Waals surface area contributed by atoms with Gasteiger partial charge < -0.3 is 4.74 Å². The van der Waals surface area contributed by atoms with E-state index in [2.05, 4.69) is 15.1 Å². The van der Waals surface area contributed by atoms with Crippen LogP contribution in [0.1, 0.15) is 28.7 Å². The van der Waals surface area contributed by atoms with Crippen molar-refractivity contribution in [1.82, 2.24) is 19.6 Å². The van der Waals surface area contributed by atoms with Gasteiger partial charge in [-0.05, 0) is 32.9 Å². The Kier molecular flexibility index (Phi) is 4.00. The molecule has 0 unspecified atom stereocenters. The highest BCUT2D eigenvalue weighted by molar-refractivity contribution is 6.30. The molecule has 0 saturated carbocycles. The first-order valence-corrected chi connectivity index (χ1v) is 7.56. The molecule has 0 spiro atoms. The molecule has 7 heteroatoms. The highest BCUT2D eigenvalue weighted by Gasteiger charge is 2.20. The van der Waals surface area contributed by atoms with E-state index < -0.39 is 5.97 Å². The Morgan fingerprint density at radius 2 is 2.09 bits per heavy atom. The minimum atomic E-state index is -0.406. The third kappa shape index (κ3) is 2.77. The number of halogens is 1. The minimum Gasteiger partial charge on any atom is -0.462 e. The Balaban J connectivity index is 2.17. The van der Waals surface area contributed by atoms with E-state index in [-0.39, 0.29) is 0 Å². The van der Waals surface area contributed by atoms with Gasteiger partial charge in [0.05, 0.1) is 18.0 Å². The number of esters is 1. The second kappa shape index (κ2) is 5.96. The number of nitrogens with zero attached hydrogens (tertiary/aromatic N) is 4. The number of fused-ring (bicyclic) bond motifs is 1. The summed E-state index contributed by atoms with van der Waals surface area (Å²) in [6, 6.07) is 7.27. The van der Waals surface area contributed by atoms with Gasteiger partial charge in [-0.15, -0.1) is 5.10 Å². The molecule has 3 rings (SSSR count). The highest BCUT2D eigenvalue weighted by atomic mass is 35.5. The minimum absolute atomic E-state index is 0.306. The van der Waals surface area contributed by atoms with Crippen LogP contribution in [0.2, 0.25) is 5.02 Å². The molecule has 3 aromatic rings. The molecule has 0 aliphatic heterocycles. The number of hydrogen-bond acceptors (Lipinski definition) is 5. The van der Waals surface area contributed by atoms with E-state index in [4.69, 9.17) is 16.3 Å². The van der Waals surface area contributed by atoms with E-state index in [1.165, 1.54) is 0 Å². The lowest BCUT2D eigenvalue weighted by Gasteiger charge is -2.08. The Bertz CT molecular complexity index is 904. The van der Waals surface area contributed by atoms with Gasteiger partial charge in [0.2, 0.25) is 0 Å². The molecule has 2 aromatic heterocycles. The molecule has 0 fully saturated rings. The van der Waals surface area contributed by atoms with E-state index >= 15 is 0 Å². The fraction of sp³-hybridized carbons (Fsp3) is 0.250. The SMILES string of the molecule is CCOC(=O)c1c(C)nc2nc(-c3cccc(Cl)c3)nn2c1C. The van der Waals surface area contributed by atoms with Crippen LogP contribution in [0.5, 0.6) is 0 Å². The molecular formula is C16H15ClN4O2. The summed E-state index contributed by atoms with van der Waals surface area (Å²) in [5.74, 6) is 0.531. The zero-order chi connectivity index (χ0) is 16.6. The van der Waals surface area contributed by atoms with Crippen molar-refractivity contribution in [3.63, 3.8) is 0 Å². The van der Waals surface area contributed by atoms with Gasteiger partial charge in [-0.25, -0.2) is 14.3 Å². The molecule has 0 aliphatic rings. The van der Waals surface area contributed by atoms with Crippen molar-refractivity contribution >= 4 is 23.3 Å². The summed E-state index contributed by atoms with van der Waals surface area (Å²) in [5.41, 5.74) is 2.42. The van der Waals surface area contributed by atoms with Gasteiger partial charge >= 0.3 is 5.97 Å². The van der Waals surface area contributed by atoms with E-state index in [0.717, 1.165) is 5.56 Å². The van der Waals surface area contributed by atoms with E-state index in [9.17, 15) is 4.79 Å². The highest BCUT2D eigenvalue weighted by Crippen LogP contribution is 2.22. The van der Waals surface area contributed by atoms with Crippen LogP contribution in [0.3, 0.4) is 0 Å². The van der Waals surface area contributed by atoms with E-state index in [1.807, 2.05) is 12.1 Å². The third-order valence-electron chi connectivity index (χ3n) is 3.46. The van der Waals surface area contributed by atoms with Gasteiger partial charge in [-0.2, -0.15) is 4.98 Å². The van der Waals surface area contributed by atoms with Crippen LogP contribution < -0.4 is 0 Å². The van der Waals surface area contributed by atoms with Crippen molar-refractivity contribution in [1.29, 1.82) is 0 Å². The molecular weight excluding hydrogens is 316 g/mol. The van der Waals surface area contributed by atoms with Gasteiger partial charge in [0.15, 0.2) is 5.82 Å². The molecule has 1 aromatic carbocycles. The second-order valence-corrected chi connectivity index (χ2v) is 5.47. The molecule has 118 valence electrons. The fourth-order valence-corrected chi connectivity index (χ4v) is 2.61. The predicted molar refractivity (Wildman–Crippen MR) is 86.7 cm³/mol. The van der Waals surface area contributed by atoms with Gasteiger partial charge in [0, 0.05) is 10.6 Å². The molecule has 0 N–H and O–H groups in total. The first kappa shape index (κ1) is 15.4. The molecule has 0 saturated heterocycles. The summed E-state index contributed by atoms with van der Waals surface area (Å²) >= 11 is 6.01. The van der Waals surface area contributed by atoms with Crippen molar-refractivity contribution < 1.29 is 9.53 Å². The number of hydrogen-bond donors (Lipinski definition) is 0. The first-order chi connectivity index (χ1) is 11.0. The van der Waals surface area contributed by atoms with Gasteiger partial charge in [0.1, 0.15) is 5.56 Å². The molecule has 0 radical (unpaired) electrons. The lowest BCUT2D eigenvalue weighted by atomic mass is 10.2. The number of rotatable bonds is 3. The molecule has 0 aliphatic carbocycles. The molecule has 2 heterocycles. The Morgan fingerprint density at radius 3 is 2.78 bits per heavy atom.